The molecule has 1 fully saturated rings. The number of benzene rings is 1. The minimum Gasteiger partial charge on any atom is -0.459 e. The number of ether oxygens (including phenoxy) is 6. The molecule has 0 saturated heterocycles. The van der Waals surface area contributed by atoms with E-state index in [4.69, 9.17) is 28.4 Å². The molecule has 1 saturated carbocycles. The van der Waals surface area contributed by atoms with Crippen LogP contribution in [0.1, 0.15) is 79.1 Å². The Morgan fingerprint density at radius 3 is 1.78 bits per heavy atom. The second-order valence-corrected chi connectivity index (χ2v) is 13.8. The predicted octanol–water partition coefficient (Wildman–Crippen LogP) is 3.37. The van der Waals surface area contributed by atoms with Crippen molar-refractivity contribution in [2.24, 2.45) is 17.3 Å². The molecule has 0 amide bonds. The molecule has 278 valence electrons. The molecule has 0 radical (unpaired) electrons. The fraction of sp³-hybridized carbons (Fsp3) is 0.541. The summed E-state index contributed by atoms with van der Waals surface area (Å²) < 4.78 is 34.8. The molecular weight excluding hydrogens is 668 g/mol. The van der Waals surface area contributed by atoms with E-state index in [2.05, 4.69) is 6.58 Å². The fourth-order valence-corrected chi connectivity index (χ4v) is 6.91. The Hall–Kier alpha value is -4.85. The zero-order chi connectivity index (χ0) is 38.6. The van der Waals surface area contributed by atoms with Crippen molar-refractivity contribution in [3.8, 4) is 0 Å². The summed E-state index contributed by atoms with van der Waals surface area (Å²) in [6.45, 7) is 15.4. The summed E-state index contributed by atoms with van der Waals surface area (Å²) >= 11 is 0. The van der Waals surface area contributed by atoms with Gasteiger partial charge in [-0.2, -0.15) is 0 Å². The Balaban J connectivity index is 2.56. The van der Waals surface area contributed by atoms with Crippen molar-refractivity contribution in [1.82, 2.24) is 0 Å². The predicted molar refractivity (Wildman–Crippen MR) is 177 cm³/mol. The third-order valence-electron chi connectivity index (χ3n) is 8.88. The van der Waals surface area contributed by atoms with Gasteiger partial charge in [-0.3, -0.25) is 28.8 Å². The van der Waals surface area contributed by atoms with Gasteiger partial charge in [0.1, 0.15) is 17.8 Å². The zero-order valence-corrected chi connectivity index (χ0v) is 30.3. The SMILES string of the molecule is C=C1[C@H](OC(C)=O)[C@@H](OC(C)=O)[C@@H](OC(C)=O)C(C)(C)/C=C/[C@H](C)C(=O)[C@@]2(OC(C)=O)C[C@@](C)(O)[C@H](OC(C)=O)[C@H]2[C@H]1OC(=O)c1ccccc1. The van der Waals surface area contributed by atoms with Crippen LogP contribution in [0.25, 0.3) is 0 Å². The summed E-state index contributed by atoms with van der Waals surface area (Å²) in [5.41, 5.74) is -6.07. The number of hydrogen-bond acceptors (Lipinski definition) is 14. The second kappa shape index (κ2) is 15.6. The first-order valence-electron chi connectivity index (χ1n) is 16.3. The normalized spacial score (nSPS) is 32.5. The molecule has 9 atom stereocenters. The Kier molecular flexibility index (Phi) is 12.4. The highest BCUT2D eigenvalue weighted by molar-refractivity contribution is 5.94. The summed E-state index contributed by atoms with van der Waals surface area (Å²) in [5.74, 6) is -9.10. The molecule has 1 aromatic carbocycles. The van der Waals surface area contributed by atoms with Crippen molar-refractivity contribution >= 4 is 41.6 Å². The first-order valence-corrected chi connectivity index (χ1v) is 16.3. The maximum absolute atomic E-state index is 14.8. The lowest BCUT2D eigenvalue weighted by molar-refractivity contribution is -0.192. The molecule has 0 spiro atoms. The number of carbonyl (C=O) groups is 7. The topological polar surface area (TPSA) is 195 Å². The van der Waals surface area contributed by atoms with Crippen molar-refractivity contribution in [3.63, 3.8) is 0 Å². The molecule has 3 rings (SSSR count). The lowest BCUT2D eigenvalue weighted by atomic mass is 9.72. The van der Waals surface area contributed by atoms with E-state index >= 15 is 0 Å². The summed E-state index contributed by atoms with van der Waals surface area (Å²) in [6.07, 6.45) is -6.14. The molecule has 2 aliphatic rings. The van der Waals surface area contributed by atoms with Gasteiger partial charge in [0.05, 0.1) is 11.5 Å². The van der Waals surface area contributed by atoms with Crippen LogP contribution >= 0.6 is 0 Å². The van der Waals surface area contributed by atoms with Crippen molar-refractivity contribution in [2.75, 3.05) is 0 Å². The molecule has 14 nitrogen and oxygen atoms in total. The highest BCUT2D eigenvalue weighted by Crippen LogP contribution is 2.53. The van der Waals surface area contributed by atoms with Crippen LogP contribution in [-0.2, 0) is 57.2 Å². The molecule has 0 heterocycles. The molecule has 1 N–H and O–H groups in total. The second-order valence-electron chi connectivity index (χ2n) is 13.8. The van der Waals surface area contributed by atoms with E-state index in [1.54, 1.807) is 32.0 Å². The van der Waals surface area contributed by atoms with E-state index in [9.17, 15) is 38.7 Å². The lowest BCUT2D eigenvalue weighted by Crippen LogP contribution is -2.59. The Morgan fingerprint density at radius 2 is 1.27 bits per heavy atom. The average molecular weight is 715 g/mol. The van der Waals surface area contributed by atoms with Crippen LogP contribution < -0.4 is 0 Å². The Bertz CT molecular complexity index is 1590. The van der Waals surface area contributed by atoms with Crippen LogP contribution in [-0.4, -0.2) is 88.4 Å². The van der Waals surface area contributed by atoms with Crippen molar-refractivity contribution in [3.05, 3.63) is 60.2 Å². The van der Waals surface area contributed by atoms with Gasteiger partial charge in [-0.25, -0.2) is 4.79 Å². The van der Waals surface area contributed by atoms with Gasteiger partial charge in [-0.15, -0.1) is 0 Å². The van der Waals surface area contributed by atoms with Gasteiger partial charge in [0.25, 0.3) is 0 Å². The zero-order valence-electron chi connectivity index (χ0n) is 30.3. The van der Waals surface area contributed by atoms with Crippen LogP contribution in [0.2, 0.25) is 0 Å². The number of carbonyl (C=O) groups excluding carboxylic acids is 7. The van der Waals surface area contributed by atoms with Crippen molar-refractivity contribution in [1.29, 1.82) is 0 Å². The number of Topliss-reactive ketones (excluding diaryl/α,β-unsaturated/α-hetero) is 1. The molecule has 2 aliphatic carbocycles. The maximum atomic E-state index is 14.8. The van der Waals surface area contributed by atoms with E-state index in [-0.39, 0.29) is 11.1 Å². The number of fused-ring (bicyclic) bond motifs is 1. The summed E-state index contributed by atoms with van der Waals surface area (Å²) in [4.78, 5) is 92.2. The van der Waals surface area contributed by atoms with E-state index in [1.807, 2.05) is 0 Å². The van der Waals surface area contributed by atoms with Crippen molar-refractivity contribution < 1.29 is 67.1 Å². The van der Waals surface area contributed by atoms with Crippen LogP contribution in [0, 0.1) is 17.3 Å². The molecule has 1 aromatic rings. The molecule has 14 heteroatoms. The highest BCUT2D eigenvalue weighted by Gasteiger charge is 2.70. The first-order chi connectivity index (χ1) is 23.5. The van der Waals surface area contributed by atoms with Gasteiger partial charge >= 0.3 is 35.8 Å². The van der Waals surface area contributed by atoms with Crippen LogP contribution in [0.3, 0.4) is 0 Å². The number of ketones is 1. The quantitative estimate of drug-likeness (QED) is 0.245. The first kappa shape index (κ1) is 40.6. The largest absolute Gasteiger partial charge is 0.459 e. The van der Waals surface area contributed by atoms with Gasteiger partial charge in [0.2, 0.25) is 0 Å². The summed E-state index contributed by atoms with van der Waals surface area (Å²) in [7, 11) is 0. The molecule has 51 heavy (non-hydrogen) atoms. The molecule has 0 bridgehead atoms. The fourth-order valence-electron chi connectivity index (χ4n) is 6.91. The molecule has 0 aliphatic heterocycles. The monoisotopic (exact) mass is 714 g/mol. The van der Waals surface area contributed by atoms with Gasteiger partial charge in [0.15, 0.2) is 29.7 Å². The number of esters is 6. The van der Waals surface area contributed by atoms with Gasteiger partial charge in [-0.1, -0.05) is 57.7 Å². The number of allylic oxidation sites excluding steroid dienone is 1. The average Bonchev–Trinajstić information content (AvgIpc) is 3.22. The number of hydrogen-bond donors (Lipinski definition) is 1. The maximum Gasteiger partial charge on any atom is 0.338 e. The molecule has 0 unspecified atom stereocenters. The van der Waals surface area contributed by atoms with Crippen LogP contribution in [0.15, 0.2) is 54.6 Å². The highest BCUT2D eigenvalue weighted by atomic mass is 16.6. The van der Waals surface area contributed by atoms with Crippen molar-refractivity contribution in [2.45, 2.75) is 110 Å². The molecular formula is C37H46O14. The number of aliphatic hydroxyl groups is 1. The third kappa shape index (κ3) is 9.09. The standard InChI is InChI=1S/C37H46O14/c1-19-16-17-35(8,9)33(49-24(6)41)30(47-22(4)39)29(46-21(3)38)20(2)28(50-34(44)26-14-12-11-13-15-26)27-32(48-23(5)40)36(10,45)18-37(27,31(19)43)51-25(7)42/h11-17,19,27-30,32-33,45H,2,18H2,1,3-10H3/b17-16+/t19-,27+,28-,29-,30+,32+,33+,36+,37+/m0/s1. The summed E-state index contributed by atoms with van der Waals surface area (Å²) in [6, 6.07) is 7.61. The van der Waals surface area contributed by atoms with Gasteiger partial charge < -0.3 is 33.5 Å². The van der Waals surface area contributed by atoms with Crippen LogP contribution in [0.4, 0.5) is 0 Å². The lowest BCUT2D eigenvalue weighted by Gasteiger charge is -2.44. The van der Waals surface area contributed by atoms with E-state index < -0.39 is 107 Å². The van der Waals surface area contributed by atoms with Gasteiger partial charge in [0, 0.05) is 57.9 Å². The van der Waals surface area contributed by atoms with E-state index in [0.717, 1.165) is 34.6 Å². The number of rotatable bonds is 7. The van der Waals surface area contributed by atoms with E-state index in [1.165, 1.54) is 38.1 Å². The Labute approximate surface area is 296 Å². The van der Waals surface area contributed by atoms with E-state index in [0.29, 0.717) is 0 Å². The Morgan fingerprint density at radius 1 is 0.745 bits per heavy atom. The summed E-state index contributed by atoms with van der Waals surface area (Å²) in [5, 5.41) is 11.9. The third-order valence-corrected chi connectivity index (χ3v) is 8.88. The molecule has 0 aromatic heterocycles. The smallest absolute Gasteiger partial charge is 0.338 e. The van der Waals surface area contributed by atoms with Gasteiger partial charge in [-0.05, 0) is 19.1 Å². The van der Waals surface area contributed by atoms with Crippen LogP contribution in [0.5, 0.6) is 0 Å². The minimum absolute atomic E-state index is 0.0189. The minimum atomic E-state index is -2.36.